The summed E-state index contributed by atoms with van der Waals surface area (Å²) < 4.78 is 29.7. The van der Waals surface area contributed by atoms with Gasteiger partial charge in [-0.25, -0.2) is 13.1 Å². The Morgan fingerprint density at radius 3 is 2.55 bits per heavy atom. The normalized spacial score (nSPS) is 19.4. The largest absolute Gasteiger partial charge is 0.369 e. The van der Waals surface area contributed by atoms with Crippen molar-refractivity contribution in [2.75, 3.05) is 31.1 Å². The molecule has 1 aliphatic heterocycles. The van der Waals surface area contributed by atoms with Gasteiger partial charge in [-0.3, -0.25) is 0 Å². The number of nitrogens with zero attached hydrogens (tertiary/aromatic N) is 1. The minimum absolute atomic E-state index is 0.129. The highest BCUT2D eigenvalue weighted by atomic mass is 35.5. The Morgan fingerprint density at radius 2 is 1.74 bits per heavy atom. The van der Waals surface area contributed by atoms with Crippen LogP contribution < -0.4 is 14.9 Å². The molecule has 5 nitrogen and oxygen atoms in total. The van der Waals surface area contributed by atoms with Crippen LogP contribution in [-0.2, 0) is 22.9 Å². The predicted octanol–water partition coefficient (Wildman–Crippen LogP) is 3.74. The molecular formula is C24H26ClN3O2S. The smallest absolute Gasteiger partial charge is 0.241 e. The molecule has 0 unspecified atom stereocenters. The van der Waals surface area contributed by atoms with Crippen LogP contribution in [0.25, 0.3) is 10.8 Å². The highest BCUT2D eigenvalue weighted by Gasteiger charge is 2.28. The summed E-state index contributed by atoms with van der Waals surface area (Å²) in [4.78, 5) is 2.70. The average Bonchev–Trinajstić information content (AvgIpc) is 2.79. The van der Waals surface area contributed by atoms with Crippen LogP contribution in [0.1, 0.15) is 17.5 Å². The topological polar surface area (TPSA) is 61.4 Å². The second-order valence-electron chi connectivity index (χ2n) is 8.30. The van der Waals surface area contributed by atoms with E-state index in [1.165, 1.54) is 16.8 Å². The first kappa shape index (κ1) is 20.8. The third-order valence-corrected chi connectivity index (χ3v) is 8.27. The van der Waals surface area contributed by atoms with Crippen molar-refractivity contribution in [2.24, 2.45) is 0 Å². The molecule has 31 heavy (non-hydrogen) atoms. The lowest BCUT2D eigenvalue weighted by Gasteiger charge is -2.34. The predicted molar refractivity (Wildman–Crippen MR) is 127 cm³/mol. The zero-order valence-electron chi connectivity index (χ0n) is 17.3. The highest BCUT2D eigenvalue weighted by molar-refractivity contribution is 7.89. The summed E-state index contributed by atoms with van der Waals surface area (Å²) in [7, 11) is -3.68. The summed E-state index contributed by atoms with van der Waals surface area (Å²) in [6, 6.07) is 17.0. The van der Waals surface area contributed by atoms with Gasteiger partial charge in [0.15, 0.2) is 0 Å². The van der Waals surface area contributed by atoms with Crippen LogP contribution in [0.15, 0.2) is 59.5 Å². The van der Waals surface area contributed by atoms with Gasteiger partial charge in [0.1, 0.15) is 0 Å². The first-order chi connectivity index (χ1) is 15.0. The molecule has 0 saturated carbocycles. The third kappa shape index (κ3) is 4.05. The summed E-state index contributed by atoms with van der Waals surface area (Å²) >= 11 is 6.29. The van der Waals surface area contributed by atoms with E-state index in [1.807, 2.05) is 24.3 Å². The number of hydrogen-bond donors (Lipinski definition) is 2. The molecule has 1 fully saturated rings. The van der Waals surface area contributed by atoms with E-state index >= 15 is 0 Å². The Bertz CT molecular complexity index is 1220. The number of benzene rings is 3. The SMILES string of the molecule is O=S(=O)(N[C@@H]1CCc2cccc(N3CCNCC3)c2C1)c1ccc(Cl)c2ccccc12. The summed E-state index contributed by atoms with van der Waals surface area (Å²) in [5.41, 5.74) is 3.87. The van der Waals surface area contributed by atoms with Crippen molar-refractivity contribution in [2.45, 2.75) is 30.2 Å². The second-order valence-corrected chi connectivity index (χ2v) is 10.4. The standard InChI is InChI=1S/C24H26ClN3O2S/c25-22-10-11-24(20-6-2-1-5-19(20)22)31(29,30)27-18-9-8-17-4-3-7-23(21(17)16-18)28-14-12-26-13-15-28/h1-7,10-11,18,26-27H,8-9,12-16H2/t18-/m1/s1. The van der Waals surface area contributed by atoms with Gasteiger partial charge >= 0.3 is 0 Å². The van der Waals surface area contributed by atoms with Gasteiger partial charge in [0, 0.05) is 53.7 Å². The molecule has 1 heterocycles. The first-order valence-electron chi connectivity index (χ1n) is 10.8. The van der Waals surface area contributed by atoms with Crippen LogP contribution in [-0.4, -0.2) is 40.6 Å². The summed E-state index contributed by atoms with van der Waals surface area (Å²) in [5, 5.41) is 5.36. The summed E-state index contributed by atoms with van der Waals surface area (Å²) in [6.07, 6.45) is 2.38. The van der Waals surface area contributed by atoms with E-state index in [9.17, 15) is 8.42 Å². The van der Waals surface area contributed by atoms with Gasteiger partial charge in [-0.15, -0.1) is 0 Å². The second kappa shape index (κ2) is 8.43. The van der Waals surface area contributed by atoms with E-state index in [0.717, 1.165) is 44.4 Å². The average molecular weight is 456 g/mol. The molecule has 0 spiro atoms. The van der Waals surface area contributed by atoms with Gasteiger partial charge in [0.2, 0.25) is 10.0 Å². The van der Waals surface area contributed by atoms with Gasteiger partial charge in [0.05, 0.1) is 4.90 Å². The molecule has 0 bridgehead atoms. The molecule has 3 aromatic rings. The molecule has 7 heteroatoms. The molecule has 0 aromatic heterocycles. The molecule has 2 N–H and O–H groups in total. The monoisotopic (exact) mass is 455 g/mol. The minimum Gasteiger partial charge on any atom is -0.369 e. The van der Waals surface area contributed by atoms with Crippen molar-refractivity contribution in [1.82, 2.24) is 10.0 Å². The molecule has 3 aromatic carbocycles. The molecule has 5 rings (SSSR count). The Hall–Kier alpha value is -2.12. The fourth-order valence-electron chi connectivity index (χ4n) is 4.82. The number of nitrogens with one attached hydrogen (secondary N) is 2. The van der Waals surface area contributed by atoms with E-state index in [4.69, 9.17) is 11.6 Å². The molecule has 1 atom stereocenters. The lowest BCUT2D eigenvalue weighted by Crippen LogP contribution is -2.45. The quantitative estimate of drug-likeness (QED) is 0.629. The molecule has 1 aliphatic carbocycles. The number of aryl methyl sites for hydroxylation is 1. The Kier molecular flexibility index (Phi) is 5.65. The number of hydrogen-bond acceptors (Lipinski definition) is 4. The number of sulfonamides is 1. The maximum Gasteiger partial charge on any atom is 0.241 e. The molecule has 2 aliphatic rings. The van der Waals surface area contributed by atoms with Crippen LogP contribution in [0.5, 0.6) is 0 Å². The van der Waals surface area contributed by atoms with Crippen LogP contribution in [0.2, 0.25) is 5.02 Å². The Balaban J connectivity index is 1.43. The molecule has 0 radical (unpaired) electrons. The van der Waals surface area contributed by atoms with Crippen molar-refractivity contribution < 1.29 is 8.42 Å². The summed E-state index contributed by atoms with van der Waals surface area (Å²) in [5.74, 6) is 0. The minimum atomic E-state index is -3.68. The Morgan fingerprint density at radius 1 is 0.968 bits per heavy atom. The number of fused-ring (bicyclic) bond motifs is 2. The van der Waals surface area contributed by atoms with E-state index in [1.54, 1.807) is 12.1 Å². The first-order valence-corrected chi connectivity index (χ1v) is 12.6. The van der Waals surface area contributed by atoms with E-state index < -0.39 is 10.0 Å². The summed E-state index contributed by atoms with van der Waals surface area (Å²) in [6.45, 7) is 3.90. The van der Waals surface area contributed by atoms with E-state index in [0.29, 0.717) is 16.8 Å². The zero-order chi connectivity index (χ0) is 21.4. The van der Waals surface area contributed by atoms with Crippen molar-refractivity contribution >= 4 is 38.1 Å². The maximum absolute atomic E-state index is 13.4. The van der Waals surface area contributed by atoms with Crippen LogP contribution in [0, 0.1) is 0 Å². The highest BCUT2D eigenvalue weighted by Crippen LogP contribution is 2.33. The van der Waals surface area contributed by atoms with Gasteiger partial charge in [-0.1, -0.05) is 48.0 Å². The van der Waals surface area contributed by atoms with Gasteiger partial charge in [-0.05, 0) is 48.6 Å². The van der Waals surface area contributed by atoms with Crippen LogP contribution >= 0.6 is 11.6 Å². The number of rotatable bonds is 4. The molecule has 162 valence electrons. The maximum atomic E-state index is 13.4. The lowest BCUT2D eigenvalue weighted by atomic mass is 9.87. The molecule has 1 saturated heterocycles. The van der Waals surface area contributed by atoms with Crippen LogP contribution in [0.3, 0.4) is 0 Å². The van der Waals surface area contributed by atoms with E-state index in [-0.39, 0.29) is 10.9 Å². The van der Waals surface area contributed by atoms with E-state index in [2.05, 4.69) is 33.1 Å². The van der Waals surface area contributed by atoms with Gasteiger partial charge < -0.3 is 10.2 Å². The third-order valence-electron chi connectivity index (χ3n) is 6.36. The molecular weight excluding hydrogens is 430 g/mol. The van der Waals surface area contributed by atoms with Crippen LogP contribution in [0.4, 0.5) is 5.69 Å². The number of anilines is 1. The van der Waals surface area contributed by atoms with Crippen molar-refractivity contribution in [3.05, 3.63) is 70.7 Å². The number of halogens is 1. The lowest BCUT2D eigenvalue weighted by molar-refractivity contribution is 0.506. The zero-order valence-corrected chi connectivity index (χ0v) is 18.8. The Labute approximate surface area is 188 Å². The fraction of sp³-hybridized carbons (Fsp3) is 0.333. The fourth-order valence-corrected chi connectivity index (χ4v) is 6.53. The van der Waals surface area contributed by atoms with Gasteiger partial charge in [0.25, 0.3) is 0 Å². The van der Waals surface area contributed by atoms with Gasteiger partial charge in [-0.2, -0.15) is 0 Å². The van der Waals surface area contributed by atoms with Crippen molar-refractivity contribution in [1.29, 1.82) is 0 Å². The molecule has 0 amide bonds. The van der Waals surface area contributed by atoms with Crippen molar-refractivity contribution in [3.8, 4) is 0 Å². The number of piperazine rings is 1. The van der Waals surface area contributed by atoms with Crippen molar-refractivity contribution in [3.63, 3.8) is 0 Å².